The molecule has 0 saturated carbocycles. The van der Waals surface area contributed by atoms with Crippen molar-refractivity contribution >= 4 is 17.4 Å². The highest BCUT2D eigenvalue weighted by Gasteiger charge is 2.16. The van der Waals surface area contributed by atoms with Crippen LogP contribution >= 0.6 is 11.6 Å². The van der Waals surface area contributed by atoms with Crippen molar-refractivity contribution in [2.24, 2.45) is 0 Å². The molecule has 0 aliphatic rings. The van der Waals surface area contributed by atoms with E-state index in [0.717, 1.165) is 6.54 Å². The summed E-state index contributed by atoms with van der Waals surface area (Å²) in [4.78, 5) is 14.6. The van der Waals surface area contributed by atoms with E-state index in [0.29, 0.717) is 23.2 Å². The van der Waals surface area contributed by atoms with Crippen LogP contribution < -0.4 is 0 Å². The summed E-state index contributed by atoms with van der Waals surface area (Å²) in [6.45, 7) is 5.38. The molecule has 0 spiro atoms. The standard InChI is InChI=1S/C18H20ClNO/c1-14(2)20(12-15-7-4-3-5-8-15)13-18(21)16-9-6-10-17(19)11-16/h3-11,14H,12-13H2,1-2H3. The van der Waals surface area contributed by atoms with Gasteiger partial charge in [0.05, 0.1) is 6.54 Å². The number of carbonyl (C=O) groups is 1. The minimum Gasteiger partial charge on any atom is -0.293 e. The van der Waals surface area contributed by atoms with Crippen LogP contribution in [0.1, 0.15) is 29.8 Å². The van der Waals surface area contributed by atoms with Crippen LogP contribution in [0.5, 0.6) is 0 Å². The third-order valence-electron chi connectivity index (χ3n) is 3.45. The molecule has 0 radical (unpaired) electrons. The second kappa shape index (κ2) is 7.39. The molecule has 2 aromatic carbocycles. The Morgan fingerprint density at radius 2 is 1.81 bits per heavy atom. The van der Waals surface area contributed by atoms with Crippen molar-refractivity contribution in [1.82, 2.24) is 4.90 Å². The molecule has 0 unspecified atom stereocenters. The first-order valence-corrected chi connectivity index (χ1v) is 7.51. The SMILES string of the molecule is CC(C)N(CC(=O)c1cccc(Cl)c1)Cc1ccccc1. The number of hydrogen-bond acceptors (Lipinski definition) is 2. The van der Waals surface area contributed by atoms with Crippen molar-refractivity contribution in [2.45, 2.75) is 26.4 Å². The summed E-state index contributed by atoms with van der Waals surface area (Å²) in [5, 5.41) is 0.597. The van der Waals surface area contributed by atoms with Gasteiger partial charge < -0.3 is 0 Å². The predicted octanol–water partition coefficient (Wildman–Crippen LogP) is 4.43. The van der Waals surface area contributed by atoms with Gasteiger partial charge in [0.2, 0.25) is 0 Å². The second-order valence-electron chi connectivity index (χ2n) is 5.42. The summed E-state index contributed by atoms with van der Waals surface area (Å²) in [7, 11) is 0. The van der Waals surface area contributed by atoms with Crippen LogP contribution in [0.3, 0.4) is 0 Å². The van der Waals surface area contributed by atoms with E-state index in [9.17, 15) is 4.79 Å². The molecular weight excluding hydrogens is 282 g/mol. The fourth-order valence-corrected chi connectivity index (χ4v) is 2.37. The molecule has 0 heterocycles. The lowest BCUT2D eigenvalue weighted by Gasteiger charge is -2.25. The number of carbonyl (C=O) groups excluding carboxylic acids is 1. The Morgan fingerprint density at radius 3 is 2.43 bits per heavy atom. The number of benzene rings is 2. The van der Waals surface area contributed by atoms with Gasteiger partial charge >= 0.3 is 0 Å². The van der Waals surface area contributed by atoms with E-state index in [1.807, 2.05) is 30.3 Å². The van der Waals surface area contributed by atoms with Gasteiger partial charge in [0.15, 0.2) is 5.78 Å². The maximum absolute atomic E-state index is 12.4. The van der Waals surface area contributed by atoms with E-state index in [2.05, 4.69) is 30.9 Å². The van der Waals surface area contributed by atoms with Crippen molar-refractivity contribution < 1.29 is 4.79 Å². The van der Waals surface area contributed by atoms with Crippen LogP contribution in [0.4, 0.5) is 0 Å². The van der Waals surface area contributed by atoms with Gasteiger partial charge in [-0.2, -0.15) is 0 Å². The topological polar surface area (TPSA) is 20.3 Å². The number of rotatable bonds is 6. The van der Waals surface area contributed by atoms with Gasteiger partial charge in [-0.3, -0.25) is 9.69 Å². The van der Waals surface area contributed by atoms with Crippen LogP contribution in [0, 0.1) is 0 Å². The molecule has 0 fully saturated rings. The Kier molecular flexibility index (Phi) is 5.54. The van der Waals surface area contributed by atoms with E-state index in [1.165, 1.54) is 5.56 Å². The Morgan fingerprint density at radius 1 is 1.10 bits per heavy atom. The molecular formula is C18H20ClNO. The molecule has 0 aliphatic heterocycles. The highest BCUT2D eigenvalue weighted by molar-refractivity contribution is 6.31. The average molecular weight is 302 g/mol. The molecule has 3 heteroatoms. The third kappa shape index (κ3) is 4.69. The zero-order valence-electron chi connectivity index (χ0n) is 12.4. The minimum atomic E-state index is 0.0992. The Hall–Kier alpha value is -1.64. The van der Waals surface area contributed by atoms with Gasteiger partial charge in [0.1, 0.15) is 0 Å². The summed E-state index contributed by atoms with van der Waals surface area (Å²) in [6, 6.07) is 17.6. The highest BCUT2D eigenvalue weighted by atomic mass is 35.5. The van der Waals surface area contributed by atoms with E-state index < -0.39 is 0 Å². The normalized spacial score (nSPS) is 11.1. The van der Waals surface area contributed by atoms with Gasteiger partial charge in [0, 0.05) is 23.2 Å². The van der Waals surface area contributed by atoms with Crippen LogP contribution in [-0.2, 0) is 6.54 Å². The van der Waals surface area contributed by atoms with Gasteiger partial charge in [-0.05, 0) is 31.5 Å². The van der Waals surface area contributed by atoms with Crippen molar-refractivity contribution in [2.75, 3.05) is 6.54 Å². The first-order chi connectivity index (χ1) is 10.1. The maximum atomic E-state index is 12.4. The van der Waals surface area contributed by atoms with Crippen molar-refractivity contribution in [3.8, 4) is 0 Å². The molecule has 2 nitrogen and oxygen atoms in total. The number of halogens is 1. The molecule has 0 aliphatic carbocycles. The Bertz CT molecular complexity index is 595. The van der Waals surface area contributed by atoms with E-state index in [-0.39, 0.29) is 5.78 Å². The zero-order chi connectivity index (χ0) is 15.2. The van der Waals surface area contributed by atoms with Gasteiger partial charge in [0.25, 0.3) is 0 Å². The van der Waals surface area contributed by atoms with E-state index in [4.69, 9.17) is 11.6 Å². The molecule has 0 N–H and O–H groups in total. The number of Topliss-reactive ketones (excluding diaryl/α,β-unsaturated/α-hetero) is 1. The summed E-state index contributed by atoms with van der Waals surface area (Å²) >= 11 is 5.95. The number of nitrogens with zero attached hydrogens (tertiary/aromatic N) is 1. The molecule has 2 rings (SSSR count). The lowest BCUT2D eigenvalue weighted by molar-refractivity contribution is 0.0898. The van der Waals surface area contributed by atoms with Gasteiger partial charge in [-0.15, -0.1) is 0 Å². The largest absolute Gasteiger partial charge is 0.293 e. The Balaban J connectivity index is 2.08. The summed E-state index contributed by atoms with van der Waals surface area (Å²) < 4.78 is 0. The molecule has 2 aromatic rings. The lowest BCUT2D eigenvalue weighted by atomic mass is 10.1. The first kappa shape index (κ1) is 15.7. The monoisotopic (exact) mass is 301 g/mol. The quantitative estimate of drug-likeness (QED) is 0.736. The van der Waals surface area contributed by atoms with Crippen molar-refractivity contribution in [3.05, 3.63) is 70.7 Å². The molecule has 0 saturated heterocycles. The van der Waals surface area contributed by atoms with Crippen LogP contribution in [0.2, 0.25) is 5.02 Å². The highest BCUT2D eigenvalue weighted by Crippen LogP contribution is 2.14. The van der Waals surface area contributed by atoms with Crippen LogP contribution in [0.25, 0.3) is 0 Å². The molecule has 110 valence electrons. The summed E-state index contributed by atoms with van der Waals surface area (Å²) in [5.74, 6) is 0.0992. The Labute approximate surface area is 131 Å². The molecule has 21 heavy (non-hydrogen) atoms. The van der Waals surface area contributed by atoms with Crippen molar-refractivity contribution in [3.63, 3.8) is 0 Å². The smallest absolute Gasteiger partial charge is 0.176 e. The first-order valence-electron chi connectivity index (χ1n) is 7.13. The summed E-state index contributed by atoms with van der Waals surface area (Å²) in [5.41, 5.74) is 1.88. The summed E-state index contributed by atoms with van der Waals surface area (Å²) in [6.07, 6.45) is 0. The molecule has 0 bridgehead atoms. The van der Waals surface area contributed by atoms with Gasteiger partial charge in [-0.25, -0.2) is 0 Å². The predicted molar refractivity (Wildman–Crippen MR) is 87.8 cm³/mol. The molecule has 0 atom stereocenters. The van der Waals surface area contributed by atoms with Crippen molar-refractivity contribution in [1.29, 1.82) is 0 Å². The van der Waals surface area contributed by atoms with Gasteiger partial charge in [-0.1, -0.05) is 54.1 Å². The maximum Gasteiger partial charge on any atom is 0.176 e. The second-order valence-corrected chi connectivity index (χ2v) is 5.85. The number of hydrogen-bond donors (Lipinski definition) is 0. The lowest BCUT2D eigenvalue weighted by Crippen LogP contribution is -2.35. The molecule has 0 aromatic heterocycles. The van der Waals surface area contributed by atoms with Crippen LogP contribution in [0.15, 0.2) is 54.6 Å². The van der Waals surface area contributed by atoms with Crippen LogP contribution in [-0.4, -0.2) is 23.3 Å². The van der Waals surface area contributed by atoms with E-state index >= 15 is 0 Å². The fraction of sp³-hybridized carbons (Fsp3) is 0.278. The third-order valence-corrected chi connectivity index (χ3v) is 3.69. The molecule has 0 amide bonds. The number of ketones is 1. The van der Waals surface area contributed by atoms with E-state index in [1.54, 1.807) is 12.1 Å². The minimum absolute atomic E-state index is 0.0992. The zero-order valence-corrected chi connectivity index (χ0v) is 13.2. The fourth-order valence-electron chi connectivity index (χ4n) is 2.18. The average Bonchev–Trinajstić information content (AvgIpc) is 2.47.